The van der Waals surface area contributed by atoms with E-state index in [0.717, 1.165) is 22.0 Å². The van der Waals surface area contributed by atoms with Crippen LogP contribution in [0.4, 0.5) is 0 Å². The Labute approximate surface area is 145 Å². The van der Waals surface area contributed by atoms with E-state index >= 15 is 0 Å². The van der Waals surface area contributed by atoms with Crippen LogP contribution in [-0.4, -0.2) is 22.5 Å². The smallest absolute Gasteiger partial charge is 0.253 e. The number of fused-ring (bicyclic) bond motifs is 1. The maximum Gasteiger partial charge on any atom is 0.253 e. The second-order valence-corrected chi connectivity index (χ2v) is 7.07. The standard InChI is InChI=1S/C19H20N2O2S/c1-12-4-5-17-14(8-12)9-16(13(2)21-17)18(22)20-11-19(3,23)15-6-7-24-10-15/h4-10,23H,11H2,1-3H3,(H,20,22). The highest BCUT2D eigenvalue weighted by Gasteiger charge is 2.25. The third-order valence-electron chi connectivity index (χ3n) is 4.14. The number of rotatable bonds is 4. The van der Waals surface area contributed by atoms with Crippen LogP contribution in [-0.2, 0) is 5.60 Å². The Morgan fingerprint density at radius 2 is 2.08 bits per heavy atom. The van der Waals surface area contributed by atoms with Crippen molar-refractivity contribution in [1.29, 1.82) is 0 Å². The van der Waals surface area contributed by atoms with Gasteiger partial charge in [0.2, 0.25) is 0 Å². The number of hydrogen-bond donors (Lipinski definition) is 2. The first-order chi connectivity index (χ1) is 11.4. The zero-order valence-electron chi connectivity index (χ0n) is 14.0. The fourth-order valence-corrected chi connectivity index (χ4v) is 3.43. The number of hydrogen-bond acceptors (Lipinski definition) is 4. The summed E-state index contributed by atoms with van der Waals surface area (Å²) in [5, 5.41) is 18.1. The molecule has 2 aromatic heterocycles. The third-order valence-corrected chi connectivity index (χ3v) is 4.82. The Balaban J connectivity index is 1.82. The molecule has 1 aromatic carbocycles. The molecule has 4 nitrogen and oxygen atoms in total. The van der Waals surface area contributed by atoms with Gasteiger partial charge in [0.15, 0.2) is 0 Å². The Kier molecular flexibility index (Phi) is 4.39. The van der Waals surface area contributed by atoms with Gasteiger partial charge < -0.3 is 10.4 Å². The Morgan fingerprint density at radius 1 is 1.29 bits per heavy atom. The molecule has 124 valence electrons. The van der Waals surface area contributed by atoms with Gasteiger partial charge in [0.05, 0.1) is 23.3 Å². The predicted octanol–water partition coefficient (Wildman–Crippen LogP) is 3.55. The summed E-state index contributed by atoms with van der Waals surface area (Å²) >= 11 is 1.52. The summed E-state index contributed by atoms with van der Waals surface area (Å²) in [4.78, 5) is 17.1. The molecule has 0 aliphatic rings. The molecule has 3 rings (SSSR count). The molecular formula is C19H20N2O2S. The van der Waals surface area contributed by atoms with Gasteiger partial charge >= 0.3 is 0 Å². The van der Waals surface area contributed by atoms with Gasteiger partial charge in [0.25, 0.3) is 5.91 Å². The lowest BCUT2D eigenvalue weighted by Gasteiger charge is -2.23. The van der Waals surface area contributed by atoms with Crippen molar-refractivity contribution in [1.82, 2.24) is 10.3 Å². The molecule has 0 bridgehead atoms. The van der Waals surface area contributed by atoms with E-state index in [-0.39, 0.29) is 12.5 Å². The summed E-state index contributed by atoms with van der Waals surface area (Å²) in [6.07, 6.45) is 0. The van der Waals surface area contributed by atoms with E-state index in [4.69, 9.17) is 0 Å². The van der Waals surface area contributed by atoms with Gasteiger partial charge in [-0.2, -0.15) is 11.3 Å². The molecule has 0 aliphatic heterocycles. The number of nitrogens with one attached hydrogen (secondary N) is 1. The second-order valence-electron chi connectivity index (χ2n) is 6.29. The molecule has 2 heterocycles. The van der Waals surface area contributed by atoms with E-state index in [1.165, 1.54) is 11.3 Å². The Bertz CT molecular complexity index is 886. The number of amides is 1. The number of benzene rings is 1. The number of aryl methyl sites for hydroxylation is 2. The summed E-state index contributed by atoms with van der Waals surface area (Å²) in [7, 11) is 0. The van der Waals surface area contributed by atoms with Gasteiger partial charge in [-0.05, 0) is 61.4 Å². The summed E-state index contributed by atoms with van der Waals surface area (Å²) < 4.78 is 0. The minimum absolute atomic E-state index is 0.147. The molecule has 0 fully saturated rings. The molecule has 2 N–H and O–H groups in total. The molecule has 0 saturated heterocycles. The van der Waals surface area contributed by atoms with E-state index in [0.29, 0.717) is 11.3 Å². The van der Waals surface area contributed by atoms with Crippen LogP contribution in [0.25, 0.3) is 10.9 Å². The quantitative estimate of drug-likeness (QED) is 0.763. The summed E-state index contributed by atoms with van der Waals surface area (Å²) in [5.41, 5.74) is 2.93. The molecule has 0 saturated carbocycles. The largest absolute Gasteiger partial charge is 0.384 e. The van der Waals surface area contributed by atoms with Gasteiger partial charge in [-0.1, -0.05) is 11.6 Å². The zero-order valence-corrected chi connectivity index (χ0v) is 14.8. The van der Waals surface area contributed by atoms with Crippen molar-refractivity contribution in [2.24, 2.45) is 0 Å². The minimum Gasteiger partial charge on any atom is -0.384 e. The highest BCUT2D eigenvalue weighted by atomic mass is 32.1. The van der Waals surface area contributed by atoms with Gasteiger partial charge in [0, 0.05) is 5.39 Å². The maximum atomic E-state index is 12.6. The molecule has 0 radical (unpaired) electrons. The van der Waals surface area contributed by atoms with Crippen molar-refractivity contribution in [2.75, 3.05) is 6.54 Å². The van der Waals surface area contributed by atoms with Gasteiger partial charge in [-0.25, -0.2) is 0 Å². The van der Waals surface area contributed by atoms with Crippen molar-refractivity contribution in [3.63, 3.8) is 0 Å². The zero-order chi connectivity index (χ0) is 17.3. The predicted molar refractivity (Wildman–Crippen MR) is 97.4 cm³/mol. The molecular weight excluding hydrogens is 320 g/mol. The van der Waals surface area contributed by atoms with Crippen molar-refractivity contribution in [3.8, 4) is 0 Å². The lowest BCUT2D eigenvalue weighted by molar-refractivity contribution is 0.0530. The molecule has 0 spiro atoms. The minimum atomic E-state index is -1.09. The van der Waals surface area contributed by atoms with E-state index in [1.54, 1.807) is 6.92 Å². The SMILES string of the molecule is Cc1ccc2nc(C)c(C(=O)NCC(C)(O)c3ccsc3)cc2c1. The average molecular weight is 340 g/mol. The topological polar surface area (TPSA) is 62.2 Å². The number of thiophene rings is 1. The molecule has 1 unspecified atom stereocenters. The second kappa shape index (κ2) is 6.34. The fourth-order valence-electron chi connectivity index (χ4n) is 2.64. The van der Waals surface area contributed by atoms with Crippen molar-refractivity contribution < 1.29 is 9.90 Å². The van der Waals surface area contributed by atoms with Crippen molar-refractivity contribution >= 4 is 28.1 Å². The average Bonchev–Trinajstić information content (AvgIpc) is 3.08. The van der Waals surface area contributed by atoms with E-state index < -0.39 is 5.60 Å². The van der Waals surface area contributed by atoms with Crippen LogP contribution in [0.2, 0.25) is 0 Å². The first-order valence-electron chi connectivity index (χ1n) is 7.78. The van der Waals surface area contributed by atoms with Crippen LogP contribution >= 0.6 is 11.3 Å². The van der Waals surface area contributed by atoms with E-state index in [1.807, 2.05) is 54.9 Å². The summed E-state index contributed by atoms with van der Waals surface area (Å²) in [6.45, 7) is 5.68. The van der Waals surface area contributed by atoms with Crippen LogP contribution in [0.15, 0.2) is 41.1 Å². The lowest BCUT2D eigenvalue weighted by Crippen LogP contribution is -2.38. The van der Waals surface area contributed by atoms with Gasteiger partial charge in [0.1, 0.15) is 5.60 Å². The van der Waals surface area contributed by atoms with E-state index in [9.17, 15) is 9.90 Å². The van der Waals surface area contributed by atoms with Gasteiger partial charge in [-0.3, -0.25) is 9.78 Å². The highest BCUT2D eigenvalue weighted by molar-refractivity contribution is 7.08. The fraction of sp³-hybridized carbons (Fsp3) is 0.263. The van der Waals surface area contributed by atoms with Crippen LogP contribution in [0.3, 0.4) is 0 Å². The third kappa shape index (κ3) is 3.32. The first-order valence-corrected chi connectivity index (χ1v) is 8.72. The number of carbonyl (C=O) groups excluding carboxylic acids is 1. The Hall–Kier alpha value is -2.24. The molecule has 24 heavy (non-hydrogen) atoms. The monoisotopic (exact) mass is 340 g/mol. The number of pyridine rings is 1. The first kappa shape index (κ1) is 16.6. The van der Waals surface area contributed by atoms with Crippen molar-refractivity contribution in [3.05, 3.63) is 63.5 Å². The lowest BCUT2D eigenvalue weighted by atomic mass is 9.99. The van der Waals surface area contributed by atoms with Crippen molar-refractivity contribution in [2.45, 2.75) is 26.4 Å². The normalized spacial score (nSPS) is 13.7. The molecule has 1 atom stereocenters. The number of carbonyl (C=O) groups is 1. The summed E-state index contributed by atoms with van der Waals surface area (Å²) in [6, 6.07) is 9.70. The maximum absolute atomic E-state index is 12.6. The molecule has 0 aliphatic carbocycles. The van der Waals surface area contributed by atoms with Crippen LogP contribution in [0.1, 0.15) is 34.1 Å². The number of aliphatic hydroxyl groups is 1. The van der Waals surface area contributed by atoms with Crippen LogP contribution in [0.5, 0.6) is 0 Å². The highest BCUT2D eigenvalue weighted by Crippen LogP contribution is 2.23. The molecule has 1 amide bonds. The Morgan fingerprint density at radius 3 is 2.79 bits per heavy atom. The molecule has 5 heteroatoms. The number of nitrogens with zero attached hydrogens (tertiary/aromatic N) is 1. The number of aromatic nitrogens is 1. The summed E-state index contributed by atoms with van der Waals surface area (Å²) in [5.74, 6) is -0.223. The van der Waals surface area contributed by atoms with Crippen LogP contribution in [0, 0.1) is 13.8 Å². The molecule has 3 aromatic rings. The van der Waals surface area contributed by atoms with Gasteiger partial charge in [-0.15, -0.1) is 0 Å². The van der Waals surface area contributed by atoms with E-state index in [2.05, 4.69) is 10.3 Å². The van der Waals surface area contributed by atoms with Crippen LogP contribution < -0.4 is 5.32 Å².